The van der Waals surface area contributed by atoms with Gasteiger partial charge < -0.3 is 9.47 Å². The van der Waals surface area contributed by atoms with Crippen LogP contribution in [0.25, 0.3) is 6.08 Å². The van der Waals surface area contributed by atoms with E-state index in [2.05, 4.69) is 22.9 Å². The molecule has 1 saturated heterocycles. The number of amidine groups is 1. The van der Waals surface area contributed by atoms with Gasteiger partial charge in [0.1, 0.15) is 6.61 Å². The molecule has 1 amide bonds. The van der Waals surface area contributed by atoms with Crippen molar-refractivity contribution in [2.24, 2.45) is 10.9 Å². The fourth-order valence-electron chi connectivity index (χ4n) is 4.94. The summed E-state index contributed by atoms with van der Waals surface area (Å²) in [6.45, 7) is 2.69. The number of benzene rings is 3. The standard InChI is InChI=1S/C31H31BrN2O3S/c1-21-8-6-7-11-26(21)34-30(35)29(38-31(34)33-25-9-4-3-5-10-25)19-23-14-17-27(28(18-23)36-2)37-20-22-12-15-24(32)16-13-22/h3-5,9-10,12-19,21,26H,6-8,11,20H2,1-2H3/b29-19-,33-31?/t21-,26+/m1/s1. The van der Waals surface area contributed by atoms with Crippen LogP contribution in [0, 0.1) is 5.92 Å². The van der Waals surface area contributed by atoms with E-state index in [1.54, 1.807) is 7.11 Å². The summed E-state index contributed by atoms with van der Waals surface area (Å²) in [5, 5.41) is 0.757. The number of thioether (sulfide) groups is 1. The molecule has 0 bridgehead atoms. The highest BCUT2D eigenvalue weighted by Crippen LogP contribution is 2.40. The molecule has 0 radical (unpaired) electrons. The van der Waals surface area contributed by atoms with Crippen LogP contribution in [0.15, 0.2) is 87.2 Å². The van der Waals surface area contributed by atoms with Crippen LogP contribution in [0.1, 0.15) is 43.7 Å². The Bertz CT molecular complexity index is 1340. The highest BCUT2D eigenvalue weighted by Gasteiger charge is 2.41. The highest BCUT2D eigenvalue weighted by molar-refractivity contribution is 9.10. The predicted molar refractivity (Wildman–Crippen MR) is 159 cm³/mol. The second-order valence-corrected chi connectivity index (χ2v) is 11.6. The maximum atomic E-state index is 13.8. The second kappa shape index (κ2) is 12.2. The number of amides is 1. The fraction of sp³-hybridized carbons (Fsp3) is 0.290. The summed E-state index contributed by atoms with van der Waals surface area (Å²) in [4.78, 5) is 21.3. The van der Waals surface area contributed by atoms with Crippen LogP contribution in [0.4, 0.5) is 5.69 Å². The minimum absolute atomic E-state index is 0.0259. The van der Waals surface area contributed by atoms with Crippen LogP contribution in [0.3, 0.4) is 0 Å². The molecule has 5 rings (SSSR count). The molecule has 0 aromatic heterocycles. The van der Waals surface area contributed by atoms with Gasteiger partial charge >= 0.3 is 0 Å². The first-order valence-electron chi connectivity index (χ1n) is 12.9. The molecule has 3 aromatic carbocycles. The van der Waals surface area contributed by atoms with Crippen molar-refractivity contribution in [1.29, 1.82) is 0 Å². The van der Waals surface area contributed by atoms with Crippen molar-refractivity contribution >= 4 is 50.5 Å². The lowest BCUT2D eigenvalue weighted by Crippen LogP contribution is -2.44. The Morgan fingerprint density at radius 1 is 1.03 bits per heavy atom. The Labute approximate surface area is 237 Å². The molecule has 1 heterocycles. The number of methoxy groups -OCH3 is 1. The van der Waals surface area contributed by atoms with Crippen molar-refractivity contribution in [3.63, 3.8) is 0 Å². The van der Waals surface area contributed by atoms with Gasteiger partial charge in [-0.05, 0) is 84.1 Å². The number of rotatable bonds is 7. The van der Waals surface area contributed by atoms with Gasteiger partial charge in [-0.2, -0.15) is 0 Å². The van der Waals surface area contributed by atoms with Crippen molar-refractivity contribution in [3.05, 3.63) is 93.3 Å². The van der Waals surface area contributed by atoms with Gasteiger partial charge in [-0.3, -0.25) is 9.69 Å². The quantitative estimate of drug-likeness (QED) is 0.260. The van der Waals surface area contributed by atoms with Gasteiger partial charge in [-0.25, -0.2) is 4.99 Å². The lowest BCUT2D eigenvalue weighted by molar-refractivity contribution is -0.124. The molecule has 1 aliphatic carbocycles. The number of nitrogens with zero attached hydrogens (tertiary/aromatic N) is 2. The highest BCUT2D eigenvalue weighted by atomic mass is 79.9. The van der Waals surface area contributed by atoms with E-state index in [-0.39, 0.29) is 11.9 Å². The Kier molecular flexibility index (Phi) is 8.55. The minimum atomic E-state index is 0.0259. The van der Waals surface area contributed by atoms with Crippen LogP contribution in [-0.4, -0.2) is 29.1 Å². The molecule has 5 nitrogen and oxygen atoms in total. The van der Waals surface area contributed by atoms with Crippen molar-refractivity contribution in [2.45, 2.75) is 45.3 Å². The Morgan fingerprint density at radius 2 is 1.79 bits per heavy atom. The smallest absolute Gasteiger partial charge is 0.267 e. The summed E-state index contributed by atoms with van der Waals surface area (Å²) in [5.74, 6) is 1.75. The molecular weight excluding hydrogens is 560 g/mol. The largest absolute Gasteiger partial charge is 0.493 e. The van der Waals surface area contributed by atoms with E-state index in [9.17, 15) is 4.79 Å². The average Bonchev–Trinajstić information content (AvgIpc) is 3.23. The first kappa shape index (κ1) is 26.6. The van der Waals surface area contributed by atoms with Crippen molar-refractivity contribution < 1.29 is 14.3 Å². The number of para-hydroxylation sites is 1. The van der Waals surface area contributed by atoms with Gasteiger partial charge in [0.15, 0.2) is 16.7 Å². The van der Waals surface area contributed by atoms with Gasteiger partial charge in [0.2, 0.25) is 0 Å². The number of ether oxygens (including phenoxy) is 2. The van der Waals surface area contributed by atoms with E-state index < -0.39 is 0 Å². The van der Waals surface area contributed by atoms with Crippen LogP contribution < -0.4 is 9.47 Å². The van der Waals surface area contributed by atoms with E-state index in [1.807, 2.05) is 83.8 Å². The Morgan fingerprint density at radius 3 is 2.53 bits per heavy atom. The summed E-state index contributed by atoms with van der Waals surface area (Å²) in [5.41, 5.74) is 2.80. The third-order valence-electron chi connectivity index (χ3n) is 7.01. The topological polar surface area (TPSA) is 51.1 Å². The maximum absolute atomic E-state index is 13.8. The summed E-state index contributed by atoms with van der Waals surface area (Å²) < 4.78 is 12.7. The average molecular weight is 592 g/mol. The third-order valence-corrected chi connectivity index (χ3v) is 8.52. The molecule has 2 aliphatic rings. The zero-order valence-corrected chi connectivity index (χ0v) is 24.0. The number of carbonyl (C=O) groups excluding carboxylic acids is 1. The van der Waals surface area contributed by atoms with Gasteiger partial charge in [0.25, 0.3) is 5.91 Å². The molecule has 2 fully saturated rings. The fourth-order valence-corrected chi connectivity index (χ4v) is 6.25. The van der Waals surface area contributed by atoms with Crippen LogP contribution >= 0.6 is 27.7 Å². The van der Waals surface area contributed by atoms with Crippen LogP contribution in [-0.2, 0) is 11.4 Å². The van der Waals surface area contributed by atoms with Gasteiger partial charge in [-0.15, -0.1) is 0 Å². The summed E-state index contributed by atoms with van der Waals surface area (Å²) >= 11 is 4.91. The van der Waals surface area contributed by atoms with Crippen molar-refractivity contribution in [1.82, 2.24) is 4.90 Å². The molecule has 38 heavy (non-hydrogen) atoms. The number of aliphatic imine (C=N–C) groups is 1. The third kappa shape index (κ3) is 6.16. The molecule has 1 saturated carbocycles. The molecule has 0 spiro atoms. The lowest BCUT2D eigenvalue weighted by Gasteiger charge is -2.35. The molecule has 1 aliphatic heterocycles. The van der Waals surface area contributed by atoms with E-state index in [4.69, 9.17) is 14.5 Å². The van der Waals surface area contributed by atoms with Crippen molar-refractivity contribution in [2.75, 3.05) is 7.11 Å². The number of hydrogen-bond acceptors (Lipinski definition) is 5. The number of hydrogen-bond donors (Lipinski definition) is 0. The molecule has 2 atom stereocenters. The van der Waals surface area contributed by atoms with Gasteiger partial charge in [-0.1, -0.05) is 72.1 Å². The summed E-state index contributed by atoms with van der Waals surface area (Å²) in [7, 11) is 1.63. The first-order valence-corrected chi connectivity index (χ1v) is 14.5. The Balaban J connectivity index is 1.40. The van der Waals surface area contributed by atoms with E-state index >= 15 is 0 Å². The zero-order valence-electron chi connectivity index (χ0n) is 21.6. The van der Waals surface area contributed by atoms with Crippen LogP contribution in [0.5, 0.6) is 11.5 Å². The second-order valence-electron chi connectivity index (χ2n) is 9.67. The monoisotopic (exact) mass is 590 g/mol. The molecular formula is C31H31BrN2O3S. The normalized spacial score (nSPS) is 21.8. The summed E-state index contributed by atoms with van der Waals surface area (Å²) in [6.07, 6.45) is 6.43. The van der Waals surface area contributed by atoms with Gasteiger partial charge in [0.05, 0.1) is 17.7 Å². The lowest BCUT2D eigenvalue weighted by atomic mass is 9.85. The summed E-state index contributed by atoms with van der Waals surface area (Å²) in [6, 6.07) is 23.8. The molecule has 196 valence electrons. The Hall–Kier alpha value is -3.03. The van der Waals surface area contributed by atoms with E-state index in [0.717, 1.165) is 45.7 Å². The molecule has 0 unspecified atom stereocenters. The predicted octanol–water partition coefficient (Wildman–Crippen LogP) is 8.22. The van der Waals surface area contributed by atoms with Crippen molar-refractivity contribution in [3.8, 4) is 11.5 Å². The molecule has 0 N–H and O–H groups in total. The molecule has 7 heteroatoms. The molecule has 3 aromatic rings. The van der Waals surface area contributed by atoms with Crippen LogP contribution in [0.2, 0.25) is 0 Å². The number of carbonyl (C=O) groups is 1. The zero-order chi connectivity index (χ0) is 26.5. The van der Waals surface area contributed by atoms with E-state index in [1.165, 1.54) is 18.2 Å². The maximum Gasteiger partial charge on any atom is 0.267 e. The van der Waals surface area contributed by atoms with E-state index in [0.29, 0.717) is 28.9 Å². The number of halogens is 1. The SMILES string of the molecule is COc1cc(/C=C2\SC(=Nc3ccccc3)N([C@H]3CCCC[C@H]3C)C2=O)ccc1OCc1ccc(Br)cc1. The first-order chi connectivity index (χ1) is 18.5. The van der Waals surface area contributed by atoms with Gasteiger partial charge in [0, 0.05) is 10.5 Å². The minimum Gasteiger partial charge on any atom is -0.493 e.